The second-order valence-corrected chi connectivity index (χ2v) is 8.40. The predicted molar refractivity (Wildman–Crippen MR) is 105 cm³/mol. The van der Waals surface area contributed by atoms with Crippen LogP contribution in [0.1, 0.15) is 35.2 Å². The minimum absolute atomic E-state index is 0.0230. The van der Waals surface area contributed by atoms with E-state index in [4.69, 9.17) is 36.3 Å². The zero-order chi connectivity index (χ0) is 20.9. The number of hydrogen-bond acceptors (Lipinski definition) is 8. The van der Waals surface area contributed by atoms with Crippen molar-refractivity contribution in [2.75, 3.05) is 32.5 Å². The zero-order valence-electron chi connectivity index (χ0n) is 16.9. The van der Waals surface area contributed by atoms with Crippen molar-refractivity contribution >= 4 is 17.4 Å². The number of rotatable bonds is 5. The summed E-state index contributed by atoms with van der Waals surface area (Å²) in [6.45, 7) is 6.92. The van der Waals surface area contributed by atoms with Gasteiger partial charge in [-0.15, -0.1) is 0 Å². The standard InChI is InChI=1S/C19H25ClFN5O3/c1-9-16(15-10(2)25-29-11(15)3)23-18(24-17(9)22)13-5-19(20,21)26(4)6-14(13)28-8-12-7-27-12/h12-14H,5-8H2,1-4H3,(H2,22,23,24)/t12-,13?,14?,19?/m1/s1. The summed E-state index contributed by atoms with van der Waals surface area (Å²) >= 11 is 6.14. The van der Waals surface area contributed by atoms with Gasteiger partial charge in [0.05, 0.1) is 42.2 Å². The van der Waals surface area contributed by atoms with Gasteiger partial charge in [-0.2, -0.15) is 0 Å². The van der Waals surface area contributed by atoms with Crippen molar-refractivity contribution in [3.8, 4) is 11.3 Å². The van der Waals surface area contributed by atoms with Gasteiger partial charge in [0.15, 0.2) is 0 Å². The maximum atomic E-state index is 15.0. The molecule has 2 fully saturated rings. The van der Waals surface area contributed by atoms with Gasteiger partial charge in [-0.25, -0.2) is 14.4 Å². The third kappa shape index (κ3) is 3.96. The first-order valence-electron chi connectivity index (χ1n) is 9.57. The number of likely N-dealkylation sites (tertiary alicyclic amines) is 1. The lowest BCUT2D eigenvalue weighted by Gasteiger charge is -2.42. The molecule has 10 heteroatoms. The highest BCUT2D eigenvalue weighted by atomic mass is 35.5. The molecule has 2 aromatic heterocycles. The molecular formula is C19H25ClFN5O3. The number of ether oxygens (including phenoxy) is 2. The van der Waals surface area contributed by atoms with Crippen LogP contribution >= 0.6 is 11.6 Å². The fraction of sp³-hybridized carbons (Fsp3) is 0.632. The monoisotopic (exact) mass is 425 g/mol. The number of aromatic nitrogens is 3. The molecule has 2 aliphatic rings. The number of hydrogen-bond donors (Lipinski definition) is 1. The summed E-state index contributed by atoms with van der Waals surface area (Å²) < 4.78 is 31.5. The third-order valence-electron chi connectivity index (χ3n) is 5.63. The van der Waals surface area contributed by atoms with Crippen LogP contribution in [0.3, 0.4) is 0 Å². The lowest BCUT2D eigenvalue weighted by atomic mass is 9.91. The van der Waals surface area contributed by atoms with Crippen LogP contribution in [0.2, 0.25) is 0 Å². The highest BCUT2D eigenvalue weighted by Crippen LogP contribution is 2.42. The molecule has 2 aliphatic heterocycles. The normalized spacial score (nSPS) is 29.9. The van der Waals surface area contributed by atoms with Crippen LogP contribution < -0.4 is 5.73 Å². The Morgan fingerprint density at radius 2 is 2.07 bits per heavy atom. The van der Waals surface area contributed by atoms with E-state index in [1.165, 1.54) is 4.90 Å². The molecule has 3 unspecified atom stereocenters. The average molecular weight is 426 g/mol. The summed E-state index contributed by atoms with van der Waals surface area (Å²) in [6.07, 6.45) is -0.271. The molecular weight excluding hydrogens is 401 g/mol. The van der Waals surface area contributed by atoms with E-state index in [1.807, 2.05) is 20.8 Å². The van der Waals surface area contributed by atoms with E-state index in [0.29, 0.717) is 48.5 Å². The van der Waals surface area contributed by atoms with Crippen molar-refractivity contribution in [1.82, 2.24) is 20.0 Å². The van der Waals surface area contributed by atoms with Crippen LogP contribution in [0.15, 0.2) is 4.52 Å². The number of halogens is 2. The lowest BCUT2D eigenvalue weighted by Crippen LogP contribution is -2.52. The molecule has 0 radical (unpaired) electrons. The Hall–Kier alpha value is -1.81. The molecule has 2 aromatic rings. The van der Waals surface area contributed by atoms with Crippen molar-refractivity contribution in [3.05, 3.63) is 22.8 Å². The summed E-state index contributed by atoms with van der Waals surface area (Å²) in [4.78, 5) is 10.7. The van der Waals surface area contributed by atoms with Gasteiger partial charge in [-0.05, 0) is 27.8 Å². The van der Waals surface area contributed by atoms with Gasteiger partial charge in [0.25, 0.3) is 0 Å². The molecule has 0 saturated carbocycles. The molecule has 4 heterocycles. The molecule has 0 aromatic carbocycles. The van der Waals surface area contributed by atoms with Gasteiger partial charge < -0.3 is 19.7 Å². The van der Waals surface area contributed by atoms with E-state index in [-0.39, 0.29) is 18.6 Å². The Morgan fingerprint density at radius 1 is 1.34 bits per heavy atom. The predicted octanol–water partition coefficient (Wildman–Crippen LogP) is 2.70. The van der Waals surface area contributed by atoms with Crippen molar-refractivity contribution < 1.29 is 18.4 Å². The quantitative estimate of drug-likeness (QED) is 0.443. The summed E-state index contributed by atoms with van der Waals surface area (Å²) in [7, 11) is 1.63. The number of nitrogen functional groups attached to an aromatic ring is 1. The number of piperidine rings is 1. The number of nitrogens with zero attached hydrogens (tertiary/aromatic N) is 4. The highest BCUT2D eigenvalue weighted by molar-refractivity contribution is 6.22. The lowest BCUT2D eigenvalue weighted by molar-refractivity contribution is -0.0783. The second-order valence-electron chi connectivity index (χ2n) is 7.82. The van der Waals surface area contributed by atoms with Gasteiger partial charge in [-0.3, -0.25) is 4.90 Å². The first-order chi connectivity index (χ1) is 13.7. The first kappa shape index (κ1) is 20.5. The fourth-order valence-electron chi connectivity index (χ4n) is 3.69. The molecule has 0 amide bonds. The topological polar surface area (TPSA) is 103 Å². The van der Waals surface area contributed by atoms with Crippen LogP contribution in [0.5, 0.6) is 0 Å². The number of likely N-dealkylation sites (N-methyl/N-ethyl adjacent to an activating group) is 1. The summed E-state index contributed by atoms with van der Waals surface area (Å²) in [6, 6.07) is 0. The molecule has 8 nitrogen and oxygen atoms in total. The fourth-order valence-corrected chi connectivity index (χ4v) is 3.92. The Labute approximate surface area is 173 Å². The van der Waals surface area contributed by atoms with Gasteiger partial charge >= 0.3 is 0 Å². The number of anilines is 1. The Morgan fingerprint density at radius 3 is 2.69 bits per heavy atom. The molecule has 4 atom stereocenters. The van der Waals surface area contributed by atoms with E-state index in [2.05, 4.69) is 10.1 Å². The van der Waals surface area contributed by atoms with E-state index < -0.39 is 11.2 Å². The van der Waals surface area contributed by atoms with Gasteiger partial charge in [0.1, 0.15) is 23.5 Å². The Kier molecular flexibility index (Phi) is 5.27. The maximum Gasteiger partial charge on any atom is 0.239 e. The SMILES string of the molecule is Cc1noc(C)c1-c1nc(C2CC(F)(Cl)N(C)CC2OC[C@H]2CO2)nc(N)c1C. The molecule has 2 N–H and O–H groups in total. The van der Waals surface area contributed by atoms with Crippen LogP contribution in [0.4, 0.5) is 10.2 Å². The largest absolute Gasteiger partial charge is 0.383 e. The Balaban J connectivity index is 1.74. The molecule has 4 rings (SSSR count). The Bertz CT molecular complexity index is 898. The maximum absolute atomic E-state index is 15.0. The molecule has 0 aliphatic carbocycles. The molecule has 0 bridgehead atoms. The van der Waals surface area contributed by atoms with Gasteiger partial charge in [-0.1, -0.05) is 16.8 Å². The average Bonchev–Trinajstić information content (AvgIpc) is 3.43. The summed E-state index contributed by atoms with van der Waals surface area (Å²) in [5.74, 6) is 0.899. The summed E-state index contributed by atoms with van der Waals surface area (Å²) in [5, 5.41) is 1.99. The van der Waals surface area contributed by atoms with Crippen molar-refractivity contribution in [2.45, 2.75) is 50.6 Å². The minimum atomic E-state index is -2.02. The molecule has 0 spiro atoms. The van der Waals surface area contributed by atoms with Crippen LogP contribution in [-0.2, 0) is 9.47 Å². The molecule has 29 heavy (non-hydrogen) atoms. The highest BCUT2D eigenvalue weighted by Gasteiger charge is 2.47. The van der Waals surface area contributed by atoms with Crippen LogP contribution in [-0.4, -0.2) is 64.3 Å². The second kappa shape index (κ2) is 7.46. The van der Waals surface area contributed by atoms with Crippen molar-refractivity contribution in [1.29, 1.82) is 0 Å². The zero-order valence-corrected chi connectivity index (χ0v) is 17.7. The van der Waals surface area contributed by atoms with E-state index >= 15 is 0 Å². The number of nitrogens with two attached hydrogens (primary N) is 1. The van der Waals surface area contributed by atoms with Crippen LogP contribution in [0.25, 0.3) is 11.3 Å². The number of alkyl halides is 2. The molecule has 158 valence electrons. The van der Waals surface area contributed by atoms with E-state index in [0.717, 1.165) is 11.1 Å². The van der Waals surface area contributed by atoms with Crippen LogP contribution in [0, 0.1) is 20.8 Å². The van der Waals surface area contributed by atoms with E-state index in [1.54, 1.807) is 7.05 Å². The number of epoxide rings is 1. The van der Waals surface area contributed by atoms with Crippen molar-refractivity contribution in [3.63, 3.8) is 0 Å². The smallest absolute Gasteiger partial charge is 0.239 e. The summed E-state index contributed by atoms with van der Waals surface area (Å²) in [5.41, 5.74) is 9.03. The van der Waals surface area contributed by atoms with Crippen molar-refractivity contribution in [2.24, 2.45) is 0 Å². The molecule has 2 saturated heterocycles. The minimum Gasteiger partial charge on any atom is -0.383 e. The first-order valence-corrected chi connectivity index (χ1v) is 9.94. The third-order valence-corrected chi connectivity index (χ3v) is 6.07. The van der Waals surface area contributed by atoms with E-state index in [9.17, 15) is 4.39 Å². The van der Waals surface area contributed by atoms with Gasteiger partial charge in [0.2, 0.25) is 5.25 Å². The number of aryl methyl sites for hydroxylation is 2. The van der Waals surface area contributed by atoms with Gasteiger partial charge in [0, 0.05) is 18.5 Å².